The van der Waals surface area contributed by atoms with Crippen molar-refractivity contribution in [1.82, 2.24) is 10.3 Å². The van der Waals surface area contributed by atoms with E-state index in [4.69, 9.17) is 9.47 Å². The summed E-state index contributed by atoms with van der Waals surface area (Å²) in [6.45, 7) is 5.78. The molecule has 0 aromatic carbocycles. The van der Waals surface area contributed by atoms with Gasteiger partial charge in [-0.05, 0) is 12.1 Å². The molecule has 0 unspecified atom stereocenters. The lowest BCUT2D eigenvalue weighted by atomic mass is 10.2. The zero-order valence-corrected chi connectivity index (χ0v) is 11.9. The first-order chi connectivity index (χ1) is 8.43. The van der Waals surface area contributed by atoms with Gasteiger partial charge in [0, 0.05) is 31.7 Å². The number of ether oxygens (including phenoxy) is 2. The molecule has 0 radical (unpaired) electrons. The van der Waals surface area contributed by atoms with E-state index in [-0.39, 0.29) is 17.0 Å². The van der Waals surface area contributed by atoms with Gasteiger partial charge in [-0.2, -0.15) is 4.98 Å². The molecule has 0 amide bonds. The number of rotatable bonds is 1. The van der Waals surface area contributed by atoms with Gasteiger partial charge < -0.3 is 19.7 Å². The van der Waals surface area contributed by atoms with E-state index >= 15 is 0 Å². The molecule has 100 valence electrons. The number of anilines is 1. The molecule has 3 heterocycles. The minimum Gasteiger partial charge on any atom is -0.476 e. The summed E-state index contributed by atoms with van der Waals surface area (Å²) in [4.78, 5) is 6.85. The Balaban J connectivity index is 0.00000120. The highest BCUT2D eigenvalue weighted by atomic mass is 79.9. The molecule has 18 heavy (non-hydrogen) atoms. The summed E-state index contributed by atoms with van der Waals surface area (Å²) in [6.07, 6.45) is 0. The summed E-state index contributed by atoms with van der Waals surface area (Å²) >= 11 is 0. The van der Waals surface area contributed by atoms with E-state index in [1.54, 1.807) is 0 Å². The van der Waals surface area contributed by atoms with Crippen molar-refractivity contribution in [3.63, 3.8) is 0 Å². The molecule has 3 rings (SSSR count). The van der Waals surface area contributed by atoms with E-state index in [0.717, 1.165) is 56.7 Å². The molecule has 1 aromatic rings. The number of morpholine rings is 1. The largest absolute Gasteiger partial charge is 0.476 e. The number of pyridine rings is 1. The standard InChI is InChI=1S/C12H17N3O2.BrH/c1-2-11(15-4-7-16-8-5-15)14-12-10(1)9-13-3-6-17-12;/h1-2,13H,3-9H2;1H. The zero-order chi connectivity index (χ0) is 11.5. The van der Waals surface area contributed by atoms with Crippen molar-refractivity contribution in [3.8, 4) is 5.88 Å². The average molecular weight is 316 g/mol. The zero-order valence-electron chi connectivity index (χ0n) is 10.2. The van der Waals surface area contributed by atoms with Crippen LogP contribution in [0, 0.1) is 0 Å². The van der Waals surface area contributed by atoms with E-state index in [1.807, 2.05) is 0 Å². The van der Waals surface area contributed by atoms with E-state index < -0.39 is 0 Å². The van der Waals surface area contributed by atoms with Crippen molar-refractivity contribution in [2.24, 2.45) is 0 Å². The highest BCUT2D eigenvalue weighted by Gasteiger charge is 2.16. The molecule has 0 spiro atoms. The third-order valence-corrected chi connectivity index (χ3v) is 3.09. The van der Waals surface area contributed by atoms with Crippen molar-refractivity contribution in [1.29, 1.82) is 0 Å². The number of nitrogens with one attached hydrogen (secondary N) is 1. The SMILES string of the molecule is Br.c1cc2c(nc1N1CCOCC1)OCCNC2. The molecule has 1 aromatic heterocycles. The predicted molar refractivity (Wildman–Crippen MR) is 74.8 cm³/mol. The van der Waals surface area contributed by atoms with Crippen molar-refractivity contribution in [2.75, 3.05) is 44.4 Å². The maximum absolute atomic E-state index is 5.65. The van der Waals surface area contributed by atoms with Gasteiger partial charge in [-0.15, -0.1) is 17.0 Å². The van der Waals surface area contributed by atoms with Gasteiger partial charge in [0.25, 0.3) is 0 Å². The summed E-state index contributed by atoms with van der Waals surface area (Å²) in [5.41, 5.74) is 1.14. The lowest BCUT2D eigenvalue weighted by Gasteiger charge is -2.28. The van der Waals surface area contributed by atoms with Crippen LogP contribution in [0.3, 0.4) is 0 Å². The Morgan fingerprint density at radius 3 is 2.83 bits per heavy atom. The van der Waals surface area contributed by atoms with Crippen LogP contribution >= 0.6 is 17.0 Å². The Kier molecular flexibility index (Phi) is 4.79. The fourth-order valence-electron chi connectivity index (χ4n) is 2.13. The van der Waals surface area contributed by atoms with Crippen LogP contribution in [0.5, 0.6) is 5.88 Å². The molecule has 1 saturated heterocycles. The van der Waals surface area contributed by atoms with Crippen molar-refractivity contribution in [3.05, 3.63) is 17.7 Å². The maximum Gasteiger partial charge on any atom is 0.219 e. The summed E-state index contributed by atoms with van der Waals surface area (Å²) < 4.78 is 11.0. The molecule has 0 saturated carbocycles. The maximum atomic E-state index is 5.65. The highest BCUT2D eigenvalue weighted by molar-refractivity contribution is 8.93. The molecule has 1 N–H and O–H groups in total. The first kappa shape index (κ1) is 13.6. The van der Waals surface area contributed by atoms with E-state index in [0.29, 0.717) is 6.61 Å². The number of aromatic nitrogens is 1. The topological polar surface area (TPSA) is 46.6 Å². The molecule has 2 aliphatic rings. The fraction of sp³-hybridized carbons (Fsp3) is 0.583. The van der Waals surface area contributed by atoms with Gasteiger partial charge in [-0.1, -0.05) is 0 Å². The quantitative estimate of drug-likeness (QED) is 0.837. The monoisotopic (exact) mass is 315 g/mol. The number of hydrogen-bond acceptors (Lipinski definition) is 5. The lowest BCUT2D eigenvalue weighted by molar-refractivity contribution is 0.122. The molecule has 0 aliphatic carbocycles. The Morgan fingerprint density at radius 2 is 2.00 bits per heavy atom. The fourth-order valence-corrected chi connectivity index (χ4v) is 2.13. The van der Waals surface area contributed by atoms with Crippen LogP contribution in [0.4, 0.5) is 5.82 Å². The Morgan fingerprint density at radius 1 is 1.17 bits per heavy atom. The van der Waals surface area contributed by atoms with Gasteiger partial charge in [0.1, 0.15) is 12.4 Å². The molecule has 5 nitrogen and oxygen atoms in total. The first-order valence-corrected chi connectivity index (χ1v) is 6.09. The molecular formula is C12H18BrN3O2. The van der Waals surface area contributed by atoms with Gasteiger partial charge >= 0.3 is 0 Å². The second-order valence-electron chi connectivity index (χ2n) is 4.26. The average Bonchev–Trinajstić information content (AvgIpc) is 2.64. The van der Waals surface area contributed by atoms with Gasteiger partial charge in [0.2, 0.25) is 5.88 Å². The van der Waals surface area contributed by atoms with Crippen molar-refractivity contribution < 1.29 is 9.47 Å². The summed E-state index contributed by atoms with van der Waals surface area (Å²) in [6, 6.07) is 4.17. The second-order valence-corrected chi connectivity index (χ2v) is 4.26. The summed E-state index contributed by atoms with van der Waals surface area (Å²) in [7, 11) is 0. The Bertz CT molecular complexity index is 397. The lowest BCUT2D eigenvalue weighted by Crippen LogP contribution is -2.36. The number of halogens is 1. The summed E-state index contributed by atoms with van der Waals surface area (Å²) in [5, 5.41) is 3.30. The Labute approximate surface area is 117 Å². The van der Waals surface area contributed by atoms with Crippen LogP contribution in [0.2, 0.25) is 0 Å². The van der Waals surface area contributed by atoms with Crippen molar-refractivity contribution >= 4 is 22.8 Å². The minimum absolute atomic E-state index is 0. The molecule has 0 bridgehead atoms. The molecule has 0 atom stereocenters. The number of nitrogens with zero attached hydrogens (tertiary/aromatic N) is 2. The van der Waals surface area contributed by atoms with Crippen LogP contribution in [-0.4, -0.2) is 44.4 Å². The van der Waals surface area contributed by atoms with Crippen molar-refractivity contribution in [2.45, 2.75) is 6.54 Å². The normalized spacial score (nSPS) is 19.2. The Hall–Kier alpha value is -0.850. The smallest absolute Gasteiger partial charge is 0.219 e. The molecule has 6 heteroatoms. The third kappa shape index (κ3) is 2.93. The molecule has 2 aliphatic heterocycles. The van der Waals surface area contributed by atoms with Crippen LogP contribution in [0.1, 0.15) is 5.56 Å². The first-order valence-electron chi connectivity index (χ1n) is 6.09. The highest BCUT2D eigenvalue weighted by Crippen LogP contribution is 2.22. The third-order valence-electron chi connectivity index (χ3n) is 3.09. The predicted octanol–water partition coefficient (Wildman–Crippen LogP) is 0.978. The van der Waals surface area contributed by atoms with Gasteiger partial charge in [0.15, 0.2) is 0 Å². The van der Waals surface area contributed by atoms with Crippen LogP contribution in [0.15, 0.2) is 12.1 Å². The van der Waals surface area contributed by atoms with E-state index in [2.05, 4.69) is 27.3 Å². The second kappa shape index (κ2) is 6.36. The van der Waals surface area contributed by atoms with Gasteiger partial charge in [0.05, 0.1) is 13.2 Å². The van der Waals surface area contributed by atoms with Crippen LogP contribution in [-0.2, 0) is 11.3 Å². The number of hydrogen-bond donors (Lipinski definition) is 1. The molecule has 1 fully saturated rings. The van der Waals surface area contributed by atoms with Gasteiger partial charge in [-0.25, -0.2) is 0 Å². The minimum atomic E-state index is 0. The van der Waals surface area contributed by atoms with E-state index in [1.165, 1.54) is 0 Å². The van der Waals surface area contributed by atoms with E-state index in [9.17, 15) is 0 Å². The number of fused-ring (bicyclic) bond motifs is 1. The summed E-state index contributed by atoms with van der Waals surface area (Å²) in [5.74, 6) is 1.77. The van der Waals surface area contributed by atoms with Crippen LogP contribution in [0.25, 0.3) is 0 Å². The molecular weight excluding hydrogens is 298 g/mol. The van der Waals surface area contributed by atoms with Crippen LogP contribution < -0.4 is 15.0 Å². The van der Waals surface area contributed by atoms with Gasteiger partial charge in [-0.3, -0.25) is 0 Å².